The van der Waals surface area contributed by atoms with Crippen molar-refractivity contribution in [3.8, 4) is 0 Å². The first-order valence-electron chi connectivity index (χ1n) is 2.02. The van der Waals surface area contributed by atoms with Gasteiger partial charge in [-0.1, -0.05) is 0 Å². The fourth-order valence-corrected chi connectivity index (χ4v) is 0.206. The SMILES string of the molecule is N/C(=C\C(=O)O)C(F)F. The Kier molecular flexibility index (Phi) is 2.63. The molecule has 0 unspecified atom stereocenters. The van der Waals surface area contributed by atoms with E-state index < -0.39 is 18.1 Å². The number of nitrogens with two attached hydrogens (primary N) is 1. The lowest BCUT2D eigenvalue weighted by molar-refractivity contribution is -0.131. The van der Waals surface area contributed by atoms with Crippen molar-refractivity contribution < 1.29 is 18.7 Å². The van der Waals surface area contributed by atoms with E-state index in [0.717, 1.165) is 0 Å². The topological polar surface area (TPSA) is 63.3 Å². The molecule has 0 heterocycles. The van der Waals surface area contributed by atoms with Gasteiger partial charge in [-0.05, 0) is 0 Å². The first-order chi connectivity index (χ1) is 4.04. The molecule has 3 N–H and O–H groups in total. The molecular formula is C4H5F2NO2. The maximum atomic E-state index is 11.3. The predicted octanol–water partition coefficient (Wildman–Crippen LogP) is 0.179. The van der Waals surface area contributed by atoms with E-state index in [1.165, 1.54) is 0 Å². The normalized spacial score (nSPS) is 12.1. The van der Waals surface area contributed by atoms with Crippen molar-refractivity contribution in [1.29, 1.82) is 0 Å². The van der Waals surface area contributed by atoms with Gasteiger partial charge in [0.2, 0.25) is 0 Å². The molecule has 0 aliphatic heterocycles. The summed E-state index contributed by atoms with van der Waals surface area (Å²) in [6, 6.07) is 0. The summed E-state index contributed by atoms with van der Waals surface area (Å²) in [6.45, 7) is 0. The third-order valence-electron chi connectivity index (χ3n) is 0.542. The minimum Gasteiger partial charge on any atom is -0.478 e. The predicted molar refractivity (Wildman–Crippen MR) is 25.9 cm³/mol. The molecule has 3 nitrogen and oxygen atoms in total. The molecular weight excluding hydrogens is 132 g/mol. The number of halogens is 2. The third kappa shape index (κ3) is 3.45. The molecule has 0 spiro atoms. The van der Waals surface area contributed by atoms with Crippen LogP contribution >= 0.6 is 0 Å². The molecule has 0 bridgehead atoms. The Morgan fingerprint density at radius 1 is 1.67 bits per heavy atom. The highest BCUT2D eigenvalue weighted by Gasteiger charge is 2.06. The first kappa shape index (κ1) is 7.87. The van der Waals surface area contributed by atoms with E-state index in [1.54, 1.807) is 0 Å². The van der Waals surface area contributed by atoms with E-state index in [1.807, 2.05) is 0 Å². The van der Waals surface area contributed by atoms with Gasteiger partial charge in [0.05, 0.1) is 5.70 Å². The summed E-state index contributed by atoms with van der Waals surface area (Å²) in [4.78, 5) is 9.62. The smallest absolute Gasteiger partial charge is 0.330 e. The number of carboxylic acids is 1. The monoisotopic (exact) mass is 137 g/mol. The third-order valence-corrected chi connectivity index (χ3v) is 0.542. The van der Waals surface area contributed by atoms with Crippen LogP contribution in [0.3, 0.4) is 0 Å². The van der Waals surface area contributed by atoms with Gasteiger partial charge in [0.1, 0.15) is 0 Å². The van der Waals surface area contributed by atoms with Crippen LogP contribution in [0.4, 0.5) is 8.78 Å². The van der Waals surface area contributed by atoms with Crippen molar-refractivity contribution in [2.24, 2.45) is 5.73 Å². The van der Waals surface area contributed by atoms with Gasteiger partial charge in [0, 0.05) is 6.08 Å². The molecule has 0 saturated carbocycles. The van der Waals surface area contributed by atoms with E-state index in [4.69, 9.17) is 5.11 Å². The molecule has 52 valence electrons. The quantitative estimate of drug-likeness (QED) is 0.533. The van der Waals surface area contributed by atoms with Crippen LogP contribution in [-0.2, 0) is 4.79 Å². The molecule has 0 aliphatic rings. The molecule has 0 amide bonds. The summed E-state index contributed by atoms with van der Waals surface area (Å²) < 4.78 is 22.7. The van der Waals surface area contributed by atoms with Gasteiger partial charge in [-0.15, -0.1) is 0 Å². The van der Waals surface area contributed by atoms with E-state index in [9.17, 15) is 13.6 Å². The average molecular weight is 137 g/mol. The van der Waals surface area contributed by atoms with Crippen molar-refractivity contribution in [2.45, 2.75) is 6.43 Å². The van der Waals surface area contributed by atoms with Crippen molar-refractivity contribution in [2.75, 3.05) is 0 Å². The molecule has 0 aromatic rings. The highest BCUT2D eigenvalue weighted by molar-refractivity contribution is 5.80. The highest BCUT2D eigenvalue weighted by Crippen LogP contribution is 1.99. The molecule has 9 heavy (non-hydrogen) atoms. The Bertz CT molecular complexity index is 144. The maximum Gasteiger partial charge on any atom is 0.330 e. The number of carboxylic acid groups (broad SMARTS) is 1. The number of rotatable bonds is 2. The van der Waals surface area contributed by atoms with Gasteiger partial charge < -0.3 is 10.8 Å². The van der Waals surface area contributed by atoms with Crippen molar-refractivity contribution in [1.82, 2.24) is 0 Å². The average Bonchev–Trinajstić information content (AvgIpc) is 1.63. The zero-order chi connectivity index (χ0) is 7.44. The van der Waals surface area contributed by atoms with Crippen LogP contribution < -0.4 is 5.73 Å². The Hall–Kier alpha value is -1.13. The fraction of sp³-hybridized carbons (Fsp3) is 0.250. The second-order valence-corrected chi connectivity index (χ2v) is 1.28. The Balaban J connectivity index is 4.00. The molecule has 5 heteroatoms. The standard InChI is InChI=1S/C4H5F2NO2/c5-4(6)2(7)1-3(8)9/h1,4H,7H2,(H,8,9)/b2-1-. The van der Waals surface area contributed by atoms with Crippen LogP contribution in [0.25, 0.3) is 0 Å². The van der Waals surface area contributed by atoms with E-state index in [-0.39, 0.29) is 6.08 Å². The second kappa shape index (κ2) is 3.01. The van der Waals surface area contributed by atoms with E-state index in [0.29, 0.717) is 0 Å². The van der Waals surface area contributed by atoms with Crippen LogP contribution in [-0.4, -0.2) is 17.5 Å². The van der Waals surface area contributed by atoms with E-state index in [2.05, 4.69) is 5.73 Å². The zero-order valence-electron chi connectivity index (χ0n) is 4.34. The summed E-state index contributed by atoms with van der Waals surface area (Å²) in [5.74, 6) is -1.46. The fourth-order valence-electron chi connectivity index (χ4n) is 0.206. The summed E-state index contributed by atoms with van der Waals surface area (Å²) in [7, 11) is 0. The van der Waals surface area contributed by atoms with Gasteiger partial charge in [0.25, 0.3) is 6.43 Å². The maximum absolute atomic E-state index is 11.3. The largest absolute Gasteiger partial charge is 0.478 e. The Morgan fingerprint density at radius 3 is 2.22 bits per heavy atom. The summed E-state index contributed by atoms with van der Waals surface area (Å²) in [6.07, 6.45) is -2.62. The van der Waals surface area contributed by atoms with Crippen LogP contribution in [0.1, 0.15) is 0 Å². The number of hydrogen-bond donors (Lipinski definition) is 2. The van der Waals surface area contributed by atoms with Gasteiger partial charge in [-0.25, -0.2) is 13.6 Å². The van der Waals surface area contributed by atoms with Crippen LogP contribution in [0.2, 0.25) is 0 Å². The number of allylic oxidation sites excluding steroid dienone is 1. The lowest BCUT2D eigenvalue weighted by Crippen LogP contribution is -2.09. The van der Waals surface area contributed by atoms with Gasteiger partial charge in [-0.3, -0.25) is 0 Å². The molecule has 0 atom stereocenters. The lowest BCUT2D eigenvalue weighted by Gasteiger charge is -1.93. The van der Waals surface area contributed by atoms with Gasteiger partial charge >= 0.3 is 5.97 Å². The minimum absolute atomic E-state index is 0.269. The van der Waals surface area contributed by atoms with Crippen LogP contribution in [0.15, 0.2) is 11.8 Å². The first-order valence-corrected chi connectivity index (χ1v) is 2.02. The molecule has 0 aromatic carbocycles. The summed E-state index contributed by atoms with van der Waals surface area (Å²) in [5.41, 5.74) is 3.62. The van der Waals surface area contributed by atoms with E-state index >= 15 is 0 Å². The lowest BCUT2D eigenvalue weighted by atomic mass is 10.4. The van der Waals surface area contributed by atoms with Gasteiger partial charge in [0.15, 0.2) is 0 Å². The molecule has 0 fully saturated rings. The van der Waals surface area contributed by atoms with Crippen molar-refractivity contribution in [3.63, 3.8) is 0 Å². The molecule has 0 aromatic heterocycles. The van der Waals surface area contributed by atoms with Crippen molar-refractivity contribution >= 4 is 5.97 Å². The van der Waals surface area contributed by atoms with Crippen LogP contribution in [0.5, 0.6) is 0 Å². The molecule has 0 aliphatic carbocycles. The van der Waals surface area contributed by atoms with Crippen LogP contribution in [0, 0.1) is 0 Å². The Morgan fingerprint density at radius 2 is 2.11 bits per heavy atom. The number of hydrogen-bond acceptors (Lipinski definition) is 2. The second-order valence-electron chi connectivity index (χ2n) is 1.28. The Labute approximate surface area is 49.8 Å². The number of aliphatic carboxylic acids is 1. The molecule has 0 radical (unpaired) electrons. The minimum atomic E-state index is -2.89. The summed E-state index contributed by atoms with van der Waals surface area (Å²) in [5, 5.41) is 7.84. The summed E-state index contributed by atoms with van der Waals surface area (Å²) >= 11 is 0. The van der Waals surface area contributed by atoms with Gasteiger partial charge in [-0.2, -0.15) is 0 Å². The van der Waals surface area contributed by atoms with Crippen molar-refractivity contribution in [3.05, 3.63) is 11.8 Å². The number of carbonyl (C=O) groups is 1. The zero-order valence-corrected chi connectivity index (χ0v) is 4.34. The molecule has 0 rings (SSSR count). The number of alkyl halides is 2. The highest BCUT2D eigenvalue weighted by atomic mass is 19.3. The molecule has 0 saturated heterocycles.